The van der Waals surface area contributed by atoms with Gasteiger partial charge in [-0.15, -0.1) is 0 Å². The third-order valence-electron chi connectivity index (χ3n) is 4.21. The monoisotopic (exact) mass is 210 g/mol. The molecule has 2 aliphatic heterocycles. The molecule has 0 aromatic carbocycles. The van der Waals surface area contributed by atoms with E-state index in [2.05, 4.69) is 37.9 Å². The second-order valence-corrected chi connectivity index (χ2v) is 6.63. The van der Waals surface area contributed by atoms with Crippen molar-refractivity contribution >= 4 is 0 Å². The number of likely N-dealkylation sites (tertiary alicyclic amines) is 1. The summed E-state index contributed by atoms with van der Waals surface area (Å²) in [4.78, 5) is 2.71. The lowest BCUT2D eigenvalue weighted by molar-refractivity contribution is 0.204. The van der Waals surface area contributed by atoms with E-state index in [-0.39, 0.29) is 0 Å². The Kier molecular flexibility index (Phi) is 3.09. The quantitative estimate of drug-likeness (QED) is 0.749. The second kappa shape index (κ2) is 4.06. The van der Waals surface area contributed by atoms with Crippen molar-refractivity contribution in [3.8, 4) is 0 Å². The Bertz CT molecular complexity index is 219. The fourth-order valence-electron chi connectivity index (χ4n) is 3.03. The van der Waals surface area contributed by atoms with Crippen molar-refractivity contribution in [2.24, 2.45) is 17.3 Å². The van der Waals surface area contributed by atoms with E-state index in [1.165, 1.54) is 32.6 Å². The van der Waals surface area contributed by atoms with Crippen LogP contribution >= 0.6 is 0 Å². The first-order chi connectivity index (χ1) is 6.97. The van der Waals surface area contributed by atoms with Gasteiger partial charge >= 0.3 is 0 Å². The smallest absolute Gasteiger partial charge is 0.0111 e. The van der Waals surface area contributed by atoms with E-state index in [4.69, 9.17) is 0 Å². The van der Waals surface area contributed by atoms with Crippen molar-refractivity contribution in [1.82, 2.24) is 10.2 Å². The van der Waals surface area contributed by atoms with Gasteiger partial charge in [0.05, 0.1) is 0 Å². The van der Waals surface area contributed by atoms with Crippen LogP contribution in [0.1, 0.15) is 34.1 Å². The van der Waals surface area contributed by atoms with Gasteiger partial charge in [0.1, 0.15) is 0 Å². The first-order valence-corrected chi connectivity index (χ1v) is 6.42. The van der Waals surface area contributed by atoms with Gasteiger partial charge < -0.3 is 5.32 Å². The Morgan fingerprint density at radius 1 is 1.27 bits per heavy atom. The summed E-state index contributed by atoms with van der Waals surface area (Å²) >= 11 is 0. The highest BCUT2D eigenvalue weighted by atomic mass is 15.2. The zero-order valence-electron chi connectivity index (χ0n) is 10.7. The lowest BCUT2D eigenvalue weighted by Crippen LogP contribution is -2.35. The molecule has 2 heterocycles. The molecule has 2 heteroatoms. The molecular weight excluding hydrogens is 184 g/mol. The molecule has 0 spiro atoms. The van der Waals surface area contributed by atoms with E-state index in [0.29, 0.717) is 5.41 Å². The number of nitrogens with one attached hydrogen (secondary N) is 1. The van der Waals surface area contributed by atoms with Crippen molar-refractivity contribution in [2.45, 2.75) is 40.2 Å². The van der Waals surface area contributed by atoms with E-state index in [0.717, 1.165) is 17.9 Å². The summed E-state index contributed by atoms with van der Waals surface area (Å²) in [5, 5.41) is 3.52. The number of hydrogen-bond acceptors (Lipinski definition) is 2. The normalized spacial score (nSPS) is 37.2. The fraction of sp³-hybridized carbons (Fsp3) is 1.00. The predicted molar refractivity (Wildman–Crippen MR) is 65.0 cm³/mol. The summed E-state index contributed by atoms with van der Waals surface area (Å²) in [7, 11) is 0. The molecule has 0 saturated carbocycles. The Balaban J connectivity index is 1.85. The Hall–Kier alpha value is -0.0800. The minimum atomic E-state index is 0.482. The molecule has 0 aromatic rings. The van der Waals surface area contributed by atoms with Crippen molar-refractivity contribution in [2.75, 3.05) is 26.2 Å². The maximum atomic E-state index is 3.52. The van der Waals surface area contributed by atoms with Gasteiger partial charge in [-0.3, -0.25) is 4.90 Å². The first-order valence-electron chi connectivity index (χ1n) is 6.42. The van der Waals surface area contributed by atoms with Crippen LogP contribution in [0.5, 0.6) is 0 Å². The molecular formula is C13H26N2. The van der Waals surface area contributed by atoms with Crippen LogP contribution in [0.4, 0.5) is 0 Å². The Morgan fingerprint density at radius 2 is 2.00 bits per heavy atom. The summed E-state index contributed by atoms with van der Waals surface area (Å²) in [6.07, 6.45) is 1.32. The topological polar surface area (TPSA) is 15.3 Å². The number of fused-ring (bicyclic) bond motifs is 1. The Labute approximate surface area is 94.4 Å². The van der Waals surface area contributed by atoms with Gasteiger partial charge in [0.15, 0.2) is 0 Å². The Morgan fingerprint density at radius 3 is 2.60 bits per heavy atom. The van der Waals surface area contributed by atoms with Crippen molar-refractivity contribution in [1.29, 1.82) is 0 Å². The van der Waals surface area contributed by atoms with Crippen LogP contribution < -0.4 is 5.32 Å². The van der Waals surface area contributed by atoms with Gasteiger partial charge in [-0.25, -0.2) is 0 Å². The summed E-state index contributed by atoms with van der Waals surface area (Å²) < 4.78 is 0. The minimum absolute atomic E-state index is 0.482. The van der Waals surface area contributed by atoms with Crippen molar-refractivity contribution in [3.63, 3.8) is 0 Å². The van der Waals surface area contributed by atoms with Gasteiger partial charge in [0.2, 0.25) is 0 Å². The fourth-order valence-corrected chi connectivity index (χ4v) is 3.03. The molecule has 2 saturated heterocycles. The third kappa shape index (κ3) is 2.54. The van der Waals surface area contributed by atoms with Crippen LogP contribution in [0.25, 0.3) is 0 Å². The average molecular weight is 210 g/mol. The summed E-state index contributed by atoms with van der Waals surface area (Å²) in [5.74, 6) is 1.85. The molecule has 3 atom stereocenters. The summed E-state index contributed by atoms with van der Waals surface area (Å²) in [6, 6.07) is 0.798. The highest BCUT2D eigenvalue weighted by molar-refractivity contribution is 4.96. The summed E-state index contributed by atoms with van der Waals surface area (Å²) in [6.45, 7) is 14.6. The molecule has 2 rings (SSSR count). The van der Waals surface area contributed by atoms with E-state index in [9.17, 15) is 0 Å². The van der Waals surface area contributed by atoms with Crippen LogP contribution in [0.3, 0.4) is 0 Å². The zero-order chi connectivity index (χ0) is 11.1. The SMILES string of the molecule is CC1C2CNCC2CN1CCC(C)(C)C. The number of nitrogens with zero attached hydrogens (tertiary/aromatic N) is 1. The standard InChI is InChI=1S/C13H26N2/c1-10-12-8-14-7-11(12)9-15(10)6-5-13(2,3)4/h10-12,14H,5-9H2,1-4H3. The highest BCUT2D eigenvalue weighted by Crippen LogP contribution is 2.33. The second-order valence-electron chi connectivity index (χ2n) is 6.63. The zero-order valence-corrected chi connectivity index (χ0v) is 10.7. The molecule has 2 nitrogen and oxygen atoms in total. The highest BCUT2D eigenvalue weighted by Gasteiger charge is 2.41. The third-order valence-corrected chi connectivity index (χ3v) is 4.21. The number of hydrogen-bond donors (Lipinski definition) is 1. The van der Waals surface area contributed by atoms with Gasteiger partial charge in [0, 0.05) is 12.6 Å². The van der Waals surface area contributed by atoms with Crippen molar-refractivity contribution < 1.29 is 0 Å². The molecule has 1 N–H and O–H groups in total. The maximum Gasteiger partial charge on any atom is 0.0111 e. The average Bonchev–Trinajstić information content (AvgIpc) is 2.65. The largest absolute Gasteiger partial charge is 0.316 e. The maximum absolute atomic E-state index is 3.52. The van der Waals surface area contributed by atoms with Gasteiger partial charge in [-0.05, 0) is 50.2 Å². The molecule has 88 valence electrons. The van der Waals surface area contributed by atoms with Gasteiger partial charge in [-0.2, -0.15) is 0 Å². The molecule has 2 aliphatic rings. The van der Waals surface area contributed by atoms with Gasteiger partial charge in [-0.1, -0.05) is 20.8 Å². The molecule has 0 amide bonds. The predicted octanol–water partition coefficient (Wildman–Crippen LogP) is 1.96. The lowest BCUT2D eigenvalue weighted by atomic mass is 9.92. The van der Waals surface area contributed by atoms with Crippen LogP contribution in [-0.2, 0) is 0 Å². The summed E-state index contributed by atoms with van der Waals surface area (Å²) in [5.41, 5.74) is 0.482. The van der Waals surface area contributed by atoms with Crippen molar-refractivity contribution in [3.05, 3.63) is 0 Å². The minimum Gasteiger partial charge on any atom is -0.316 e. The number of rotatable bonds is 2. The molecule has 0 radical (unpaired) electrons. The molecule has 3 unspecified atom stereocenters. The van der Waals surface area contributed by atoms with E-state index in [1.807, 2.05) is 0 Å². The molecule has 2 fully saturated rings. The van der Waals surface area contributed by atoms with Gasteiger partial charge in [0.25, 0.3) is 0 Å². The van der Waals surface area contributed by atoms with E-state index < -0.39 is 0 Å². The lowest BCUT2D eigenvalue weighted by Gasteiger charge is -2.28. The molecule has 0 aliphatic carbocycles. The molecule has 15 heavy (non-hydrogen) atoms. The molecule has 0 bridgehead atoms. The van der Waals surface area contributed by atoms with Crippen LogP contribution in [0.15, 0.2) is 0 Å². The first kappa shape index (κ1) is 11.4. The molecule has 0 aromatic heterocycles. The van der Waals surface area contributed by atoms with Crippen LogP contribution in [-0.4, -0.2) is 37.1 Å². The van der Waals surface area contributed by atoms with Crippen LogP contribution in [0, 0.1) is 17.3 Å². The van der Waals surface area contributed by atoms with E-state index >= 15 is 0 Å². The van der Waals surface area contributed by atoms with E-state index in [1.54, 1.807) is 0 Å². The van der Waals surface area contributed by atoms with Crippen LogP contribution in [0.2, 0.25) is 0 Å².